The van der Waals surface area contributed by atoms with E-state index in [1.165, 1.54) is 32.1 Å². The van der Waals surface area contributed by atoms with Gasteiger partial charge in [0.2, 0.25) is 0 Å². The molecule has 6 nitrogen and oxygen atoms in total. The molecule has 1 N–H and O–H groups in total. The van der Waals surface area contributed by atoms with Crippen molar-refractivity contribution in [3.63, 3.8) is 0 Å². The average molecular weight is 453 g/mol. The summed E-state index contributed by atoms with van der Waals surface area (Å²) in [7, 11) is 0. The highest BCUT2D eigenvalue weighted by Gasteiger charge is 2.18. The molecule has 1 heterocycles. The van der Waals surface area contributed by atoms with Crippen molar-refractivity contribution in [2.75, 3.05) is 13.2 Å². The lowest BCUT2D eigenvalue weighted by Gasteiger charge is -2.02. The first-order valence-electron chi connectivity index (χ1n) is 10.1. The number of ether oxygens (including phenoxy) is 1. The number of carbonyl (C=O) groups is 4. The summed E-state index contributed by atoms with van der Waals surface area (Å²) < 4.78 is 4.91. The van der Waals surface area contributed by atoms with Crippen molar-refractivity contribution in [2.24, 2.45) is 0 Å². The number of hydrogen-bond donors (Lipinski definition) is 2. The van der Waals surface area contributed by atoms with E-state index >= 15 is 0 Å². The monoisotopic (exact) mass is 452 g/mol. The molecule has 0 unspecified atom stereocenters. The SMILES string of the molecule is C.CCCCCCO.CCCCCCOC(=O)CCC(=O)S.O=C1CCC(=O)S1. The molecule has 1 aliphatic rings. The van der Waals surface area contributed by atoms with Crippen LogP contribution in [0.4, 0.5) is 0 Å². The molecule has 0 aromatic rings. The zero-order valence-electron chi connectivity index (χ0n) is 17.2. The normalized spacial score (nSPS) is 12.1. The number of esters is 1. The first-order chi connectivity index (χ1) is 13.4. The molecule has 1 aliphatic heterocycles. The van der Waals surface area contributed by atoms with Gasteiger partial charge in [-0.05, 0) is 24.6 Å². The Balaban J connectivity index is -0.000000379. The number of thioether (sulfide) groups is 1. The lowest BCUT2D eigenvalue weighted by atomic mass is 10.2. The highest BCUT2D eigenvalue weighted by Crippen LogP contribution is 2.19. The van der Waals surface area contributed by atoms with Gasteiger partial charge in [-0.15, -0.1) is 12.6 Å². The van der Waals surface area contributed by atoms with Crippen LogP contribution < -0.4 is 0 Å². The van der Waals surface area contributed by atoms with E-state index in [0.29, 0.717) is 26.1 Å². The molecular formula is C21H40O6S2. The Morgan fingerprint density at radius 3 is 1.83 bits per heavy atom. The molecule has 29 heavy (non-hydrogen) atoms. The van der Waals surface area contributed by atoms with Gasteiger partial charge in [0.15, 0.2) is 15.3 Å². The van der Waals surface area contributed by atoms with Gasteiger partial charge in [0.05, 0.1) is 13.0 Å². The minimum Gasteiger partial charge on any atom is -0.466 e. The van der Waals surface area contributed by atoms with E-state index in [-0.39, 0.29) is 41.6 Å². The Hall–Kier alpha value is -0.860. The Morgan fingerprint density at radius 2 is 1.45 bits per heavy atom. The molecule has 0 radical (unpaired) electrons. The molecule has 0 aromatic carbocycles. The maximum atomic E-state index is 11.0. The molecule has 0 spiro atoms. The van der Waals surface area contributed by atoms with Gasteiger partial charge < -0.3 is 9.84 Å². The Morgan fingerprint density at radius 1 is 0.931 bits per heavy atom. The van der Waals surface area contributed by atoms with Crippen LogP contribution in [-0.2, 0) is 23.9 Å². The quantitative estimate of drug-likeness (QED) is 0.241. The van der Waals surface area contributed by atoms with Gasteiger partial charge in [0.1, 0.15) is 0 Å². The van der Waals surface area contributed by atoms with Crippen molar-refractivity contribution in [2.45, 2.75) is 98.3 Å². The minimum absolute atomic E-state index is 0. The predicted molar refractivity (Wildman–Crippen MR) is 123 cm³/mol. The second-order valence-corrected chi connectivity index (χ2v) is 7.92. The van der Waals surface area contributed by atoms with Crippen LogP contribution in [0.15, 0.2) is 0 Å². The molecular weight excluding hydrogens is 412 g/mol. The first kappa shape index (κ1) is 32.8. The van der Waals surface area contributed by atoms with Crippen LogP contribution in [0.25, 0.3) is 0 Å². The van der Waals surface area contributed by atoms with Crippen molar-refractivity contribution in [1.29, 1.82) is 0 Å². The molecule has 1 rings (SSSR count). The van der Waals surface area contributed by atoms with Crippen molar-refractivity contribution in [3.8, 4) is 0 Å². The fourth-order valence-electron chi connectivity index (χ4n) is 1.97. The second kappa shape index (κ2) is 25.2. The van der Waals surface area contributed by atoms with Crippen LogP contribution in [-0.4, -0.2) is 39.6 Å². The molecule has 0 amide bonds. The van der Waals surface area contributed by atoms with Crippen molar-refractivity contribution in [3.05, 3.63) is 0 Å². The van der Waals surface area contributed by atoms with Crippen LogP contribution >= 0.6 is 24.4 Å². The van der Waals surface area contributed by atoms with Gasteiger partial charge in [-0.3, -0.25) is 19.2 Å². The number of aliphatic hydroxyl groups is 1. The third-order valence-corrected chi connectivity index (χ3v) is 4.66. The molecule has 0 atom stereocenters. The van der Waals surface area contributed by atoms with Crippen molar-refractivity contribution in [1.82, 2.24) is 0 Å². The number of aliphatic hydroxyl groups excluding tert-OH is 1. The standard InChI is InChI=1S/C10H18O3S.C6H14O.C4H4O2S.CH4/c1-2-3-4-5-8-13-9(11)6-7-10(12)14;1-2-3-4-5-6-7;5-3-1-2-4(6)7-3;/h2-8H2,1H3,(H,12,14);7H,2-6H2,1H3;1-2H2;1H4. The van der Waals surface area contributed by atoms with Crippen LogP contribution in [0.1, 0.15) is 98.3 Å². The Kier molecular flexibility index (Phi) is 28.5. The zero-order valence-corrected chi connectivity index (χ0v) is 19.0. The Bertz CT molecular complexity index is 423. The highest BCUT2D eigenvalue weighted by atomic mass is 32.2. The molecule has 0 bridgehead atoms. The van der Waals surface area contributed by atoms with E-state index in [9.17, 15) is 19.2 Å². The highest BCUT2D eigenvalue weighted by molar-refractivity contribution is 8.26. The zero-order chi connectivity index (χ0) is 21.6. The van der Waals surface area contributed by atoms with Gasteiger partial charge >= 0.3 is 5.97 Å². The fraction of sp³-hybridized carbons (Fsp3) is 0.810. The van der Waals surface area contributed by atoms with Gasteiger partial charge in [0, 0.05) is 25.9 Å². The van der Waals surface area contributed by atoms with E-state index in [0.717, 1.165) is 31.0 Å². The molecule has 0 aromatic heterocycles. The first-order valence-corrected chi connectivity index (χ1v) is 11.3. The number of unbranched alkanes of at least 4 members (excludes halogenated alkanes) is 6. The third kappa shape index (κ3) is 29.4. The summed E-state index contributed by atoms with van der Waals surface area (Å²) in [5, 5.41) is 8.06. The lowest BCUT2D eigenvalue weighted by molar-refractivity contribution is -0.144. The van der Waals surface area contributed by atoms with Crippen LogP contribution in [0.3, 0.4) is 0 Å². The van der Waals surface area contributed by atoms with Crippen molar-refractivity contribution < 1.29 is 29.0 Å². The molecule has 8 heteroatoms. The summed E-state index contributed by atoms with van der Waals surface area (Å²) in [4.78, 5) is 41.8. The van der Waals surface area contributed by atoms with Crippen LogP contribution in [0.5, 0.6) is 0 Å². The van der Waals surface area contributed by atoms with Gasteiger partial charge in [-0.2, -0.15) is 0 Å². The molecule has 172 valence electrons. The smallest absolute Gasteiger partial charge is 0.306 e. The van der Waals surface area contributed by atoms with E-state index in [4.69, 9.17) is 9.84 Å². The molecule has 1 saturated heterocycles. The maximum Gasteiger partial charge on any atom is 0.306 e. The average Bonchev–Trinajstić information content (AvgIpc) is 3.04. The lowest BCUT2D eigenvalue weighted by Crippen LogP contribution is -2.06. The third-order valence-electron chi connectivity index (χ3n) is 3.58. The van der Waals surface area contributed by atoms with Gasteiger partial charge in [-0.25, -0.2) is 0 Å². The van der Waals surface area contributed by atoms with Crippen LogP contribution in [0.2, 0.25) is 0 Å². The largest absolute Gasteiger partial charge is 0.466 e. The fourth-order valence-corrected chi connectivity index (χ4v) is 2.74. The topological polar surface area (TPSA) is 97.7 Å². The summed E-state index contributed by atoms with van der Waals surface area (Å²) in [5.41, 5.74) is 0. The number of hydrogen-bond acceptors (Lipinski definition) is 7. The van der Waals surface area contributed by atoms with E-state index in [1.54, 1.807) is 0 Å². The van der Waals surface area contributed by atoms with Gasteiger partial charge in [0.25, 0.3) is 0 Å². The summed E-state index contributed by atoms with van der Waals surface area (Å²) >= 11 is 4.41. The Labute approximate surface area is 186 Å². The summed E-state index contributed by atoms with van der Waals surface area (Å²) in [6, 6.07) is 0. The molecule has 1 fully saturated rings. The van der Waals surface area contributed by atoms with Crippen molar-refractivity contribution >= 4 is 45.7 Å². The molecule has 0 saturated carbocycles. The summed E-state index contributed by atoms with van der Waals surface area (Å²) in [6.07, 6.45) is 10.2. The van der Waals surface area contributed by atoms with Crippen LogP contribution in [0, 0.1) is 0 Å². The summed E-state index contributed by atoms with van der Waals surface area (Å²) in [6.45, 7) is 5.13. The van der Waals surface area contributed by atoms with E-state index in [2.05, 4.69) is 26.5 Å². The predicted octanol–water partition coefficient (Wildman–Crippen LogP) is 5.11. The summed E-state index contributed by atoms with van der Waals surface area (Å²) in [5.74, 6) is -0.302. The molecule has 0 aliphatic carbocycles. The maximum absolute atomic E-state index is 11.0. The number of thiol groups is 1. The van der Waals surface area contributed by atoms with E-state index in [1.807, 2.05) is 0 Å². The minimum atomic E-state index is -0.302. The number of carbonyl (C=O) groups excluding carboxylic acids is 4. The van der Waals surface area contributed by atoms with E-state index < -0.39 is 0 Å². The number of rotatable bonds is 12. The second-order valence-electron chi connectivity index (χ2n) is 6.31. The van der Waals surface area contributed by atoms with Gasteiger partial charge in [-0.1, -0.05) is 59.8 Å².